The number of aromatic amines is 1. The van der Waals surface area contributed by atoms with E-state index >= 15 is 0 Å². The standard InChI is InChI=1S/C15H14FNO3/c16-12-5-3-10(4-6-12)8-11(15(19)20)9-14(18)13-2-1-7-17-13/h1-7,11,17H,8-9H2,(H,19,20). The third kappa shape index (κ3) is 3.54. The van der Waals surface area contributed by atoms with Crippen molar-refractivity contribution in [2.45, 2.75) is 12.8 Å². The first-order chi connectivity index (χ1) is 9.56. The Labute approximate surface area is 115 Å². The van der Waals surface area contributed by atoms with Crippen LogP contribution in [0.25, 0.3) is 0 Å². The van der Waals surface area contributed by atoms with Crippen molar-refractivity contribution >= 4 is 11.8 Å². The molecule has 5 heteroatoms. The number of aromatic nitrogens is 1. The van der Waals surface area contributed by atoms with Gasteiger partial charge in [-0.05, 0) is 36.2 Å². The summed E-state index contributed by atoms with van der Waals surface area (Å²) < 4.78 is 12.8. The second-order valence-corrected chi connectivity index (χ2v) is 4.58. The molecule has 0 amide bonds. The van der Waals surface area contributed by atoms with Crippen LogP contribution in [0.5, 0.6) is 0 Å². The Morgan fingerprint density at radius 3 is 2.45 bits per heavy atom. The zero-order valence-electron chi connectivity index (χ0n) is 10.7. The Morgan fingerprint density at radius 1 is 1.20 bits per heavy atom. The maximum Gasteiger partial charge on any atom is 0.307 e. The summed E-state index contributed by atoms with van der Waals surface area (Å²) in [5, 5.41) is 9.20. The number of carbonyl (C=O) groups excluding carboxylic acids is 1. The molecule has 1 atom stereocenters. The van der Waals surface area contributed by atoms with Gasteiger partial charge in [0.05, 0.1) is 11.6 Å². The Balaban J connectivity index is 2.06. The highest BCUT2D eigenvalue weighted by molar-refractivity contribution is 5.96. The van der Waals surface area contributed by atoms with Crippen molar-refractivity contribution in [3.63, 3.8) is 0 Å². The molecule has 4 nitrogen and oxygen atoms in total. The van der Waals surface area contributed by atoms with Gasteiger partial charge in [-0.3, -0.25) is 9.59 Å². The average Bonchev–Trinajstić information content (AvgIpc) is 2.94. The van der Waals surface area contributed by atoms with Crippen LogP contribution in [0, 0.1) is 11.7 Å². The van der Waals surface area contributed by atoms with Gasteiger partial charge in [0, 0.05) is 12.6 Å². The van der Waals surface area contributed by atoms with Gasteiger partial charge in [0.2, 0.25) is 0 Å². The Hall–Kier alpha value is -2.43. The number of nitrogens with one attached hydrogen (secondary N) is 1. The smallest absolute Gasteiger partial charge is 0.307 e. The predicted molar refractivity (Wildman–Crippen MR) is 71.0 cm³/mol. The molecule has 0 radical (unpaired) electrons. The topological polar surface area (TPSA) is 70.2 Å². The van der Waals surface area contributed by atoms with Crippen molar-refractivity contribution in [2.75, 3.05) is 0 Å². The van der Waals surface area contributed by atoms with E-state index in [4.69, 9.17) is 0 Å². The molecule has 0 fully saturated rings. The van der Waals surface area contributed by atoms with Gasteiger partial charge in [-0.15, -0.1) is 0 Å². The summed E-state index contributed by atoms with van der Waals surface area (Å²) in [6, 6.07) is 8.92. The molecule has 0 saturated heterocycles. The first kappa shape index (κ1) is 14.0. The van der Waals surface area contributed by atoms with E-state index in [0.29, 0.717) is 11.3 Å². The molecule has 1 aromatic heterocycles. The molecule has 0 bridgehead atoms. The van der Waals surface area contributed by atoms with Gasteiger partial charge in [-0.1, -0.05) is 12.1 Å². The average molecular weight is 275 g/mol. The Kier molecular flexibility index (Phi) is 4.30. The molecule has 1 unspecified atom stereocenters. The number of halogens is 1. The number of Topliss-reactive ketones (excluding diaryl/α,β-unsaturated/α-hetero) is 1. The van der Waals surface area contributed by atoms with Gasteiger partial charge in [-0.25, -0.2) is 4.39 Å². The number of aliphatic carboxylic acids is 1. The lowest BCUT2D eigenvalue weighted by molar-refractivity contribution is -0.141. The van der Waals surface area contributed by atoms with E-state index in [1.165, 1.54) is 24.3 Å². The van der Waals surface area contributed by atoms with Gasteiger partial charge in [0.1, 0.15) is 5.82 Å². The molecule has 2 rings (SSSR count). The van der Waals surface area contributed by atoms with Crippen LogP contribution >= 0.6 is 0 Å². The van der Waals surface area contributed by atoms with Crippen molar-refractivity contribution in [2.24, 2.45) is 5.92 Å². The summed E-state index contributed by atoms with van der Waals surface area (Å²) >= 11 is 0. The van der Waals surface area contributed by atoms with Crippen LogP contribution in [0.1, 0.15) is 22.5 Å². The first-order valence-corrected chi connectivity index (χ1v) is 6.20. The summed E-state index contributed by atoms with van der Waals surface area (Å²) in [6.07, 6.45) is 1.72. The number of hydrogen-bond donors (Lipinski definition) is 2. The minimum absolute atomic E-state index is 0.0901. The molecular formula is C15H14FNO3. The number of carbonyl (C=O) groups is 2. The second-order valence-electron chi connectivity index (χ2n) is 4.58. The number of carboxylic acids is 1. The van der Waals surface area contributed by atoms with Gasteiger partial charge in [0.25, 0.3) is 0 Å². The van der Waals surface area contributed by atoms with Gasteiger partial charge >= 0.3 is 5.97 Å². The lowest BCUT2D eigenvalue weighted by atomic mass is 9.93. The van der Waals surface area contributed by atoms with Gasteiger partial charge in [-0.2, -0.15) is 0 Å². The molecular weight excluding hydrogens is 261 g/mol. The van der Waals surface area contributed by atoms with E-state index in [2.05, 4.69) is 4.98 Å². The zero-order chi connectivity index (χ0) is 14.5. The quantitative estimate of drug-likeness (QED) is 0.796. The molecule has 2 N–H and O–H groups in total. The highest BCUT2D eigenvalue weighted by Crippen LogP contribution is 2.16. The molecule has 0 aliphatic rings. The largest absolute Gasteiger partial charge is 0.481 e. The van der Waals surface area contributed by atoms with Crippen LogP contribution in [0.3, 0.4) is 0 Å². The van der Waals surface area contributed by atoms with Crippen LogP contribution in [-0.4, -0.2) is 21.8 Å². The van der Waals surface area contributed by atoms with Crippen LogP contribution in [-0.2, 0) is 11.2 Å². The molecule has 0 spiro atoms. The molecule has 104 valence electrons. The zero-order valence-corrected chi connectivity index (χ0v) is 10.7. The van der Waals surface area contributed by atoms with E-state index in [0.717, 1.165) is 0 Å². The number of ketones is 1. The van der Waals surface area contributed by atoms with E-state index in [1.807, 2.05) is 0 Å². The summed E-state index contributed by atoms with van der Waals surface area (Å²) in [6.45, 7) is 0. The molecule has 0 aliphatic heterocycles. The summed E-state index contributed by atoms with van der Waals surface area (Å²) in [4.78, 5) is 25.9. The number of H-pyrrole nitrogens is 1. The summed E-state index contributed by atoms with van der Waals surface area (Å²) in [5.41, 5.74) is 1.09. The van der Waals surface area contributed by atoms with E-state index in [9.17, 15) is 19.1 Å². The van der Waals surface area contributed by atoms with E-state index in [1.54, 1.807) is 18.3 Å². The Morgan fingerprint density at radius 2 is 1.90 bits per heavy atom. The van der Waals surface area contributed by atoms with Crippen molar-refractivity contribution in [1.82, 2.24) is 4.98 Å². The number of rotatable bonds is 6. The highest BCUT2D eigenvalue weighted by atomic mass is 19.1. The maximum absolute atomic E-state index is 12.8. The third-order valence-corrected chi connectivity index (χ3v) is 3.07. The summed E-state index contributed by atoms with van der Waals surface area (Å²) in [5.74, 6) is -2.47. The number of benzene rings is 1. The predicted octanol–water partition coefficient (Wildman–Crippen LogP) is 2.67. The van der Waals surface area contributed by atoms with Crippen LogP contribution < -0.4 is 0 Å². The fourth-order valence-corrected chi connectivity index (χ4v) is 1.99. The van der Waals surface area contributed by atoms with Gasteiger partial charge in [0.15, 0.2) is 5.78 Å². The fourth-order valence-electron chi connectivity index (χ4n) is 1.99. The van der Waals surface area contributed by atoms with Crippen molar-refractivity contribution in [3.05, 3.63) is 59.7 Å². The number of hydrogen-bond acceptors (Lipinski definition) is 2. The molecule has 0 aliphatic carbocycles. The molecule has 1 heterocycles. The van der Waals surface area contributed by atoms with Crippen molar-refractivity contribution < 1.29 is 19.1 Å². The lowest BCUT2D eigenvalue weighted by Crippen LogP contribution is -2.20. The SMILES string of the molecule is O=C(CC(Cc1ccc(F)cc1)C(=O)O)c1ccc[nH]1. The fraction of sp³-hybridized carbons (Fsp3) is 0.200. The molecule has 1 aromatic carbocycles. The Bertz CT molecular complexity index is 590. The highest BCUT2D eigenvalue weighted by Gasteiger charge is 2.22. The van der Waals surface area contributed by atoms with Crippen LogP contribution in [0.4, 0.5) is 4.39 Å². The van der Waals surface area contributed by atoms with E-state index < -0.39 is 11.9 Å². The molecule has 0 saturated carbocycles. The minimum Gasteiger partial charge on any atom is -0.481 e. The first-order valence-electron chi connectivity index (χ1n) is 6.20. The maximum atomic E-state index is 12.8. The van der Waals surface area contributed by atoms with Crippen LogP contribution in [0.2, 0.25) is 0 Å². The number of carboxylic acid groups (broad SMARTS) is 1. The van der Waals surface area contributed by atoms with Crippen LogP contribution in [0.15, 0.2) is 42.6 Å². The van der Waals surface area contributed by atoms with Crippen molar-refractivity contribution in [1.29, 1.82) is 0 Å². The monoisotopic (exact) mass is 275 g/mol. The van der Waals surface area contributed by atoms with Gasteiger partial charge < -0.3 is 10.1 Å². The summed E-state index contributed by atoms with van der Waals surface area (Å²) in [7, 11) is 0. The second kappa shape index (κ2) is 6.14. The minimum atomic E-state index is -1.03. The molecule has 20 heavy (non-hydrogen) atoms. The normalized spacial score (nSPS) is 12.1. The lowest BCUT2D eigenvalue weighted by Gasteiger charge is -2.11. The van der Waals surface area contributed by atoms with E-state index in [-0.39, 0.29) is 24.4 Å². The molecule has 2 aromatic rings. The van der Waals surface area contributed by atoms with Crippen molar-refractivity contribution in [3.8, 4) is 0 Å². The third-order valence-electron chi connectivity index (χ3n) is 3.07.